The molecule has 2 aromatic rings. The minimum Gasteiger partial charge on any atom is -0.497 e. The molecule has 0 atom stereocenters. The summed E-state index contributed by atoms with van der Waals surface area (Å²) in [5.74, 6) is -1.18. The van der Waals surface area contributed by atoms with Crippen LogP contribution < -0.4 is 10.1 Å². The Bertz CT molecular complexity index is 1040. The smallest absolute Gasteiger partial charge is 0.414 e. The first-order chi connectivity index (χ1) is 14.9. The summed E-state index contributed by atoms with van der Waals surface area (Å²) < 4.78 is 37.3. The predicted octanol–water partition coefficient (Wildman–Crippen LogP) is 3.71. The molecule has 1 aliphatic rings. The molecule has 3 rings (SSSR count). The first-order valence-corrected chi connectivity index (χ1v) is 11.8. The van der Waals surface area contributed by atoms with Gasteiger partial charge in [0.1, 0.15) is 5.75 Å². The average molecular weight is 463 g/mol. The molecule has 0 bridgehead atoms. The van der Waals surface area contributed by atoms with Gasteiger partial charge in [-0.3, -0.25) is 5.32 Å². The molecular weight excluding hydrogens is 432 g/mol. The van der Waals surface area contributed by atoms with Crippen molar-refractivity contribution in [2.75, 3.05) is 25.5 Å². The number of hydrogen-bond donors (Lipinski definition) is 2. The summed E-state index contributed by atoms with van der Waals surface area (Å²) in [6, 6.07) is 13.5. The van der Waals surface area contributed by atoms with Crippen molar-refractivity contribution < 1.29 is 27.8 Å². The number of rotatable bonds is 5. The topological polar surface area (TPSA) is 105 Å². The van der Waals surface area contributed by atoms with Gasteiger partial charge in [0.05, 0.1) is 12.0 Å². The number of methoxy groups -OCH3 is 1. The molecular formula is C23H30N2O6S. The zero-order valence-corrected chi connectivity index (χ0v) is 19.6. The molecule has 32 heavy (non-hydrogen) atoms. The maximum absolute atomic E-state index is 12.8. The lowest BCUT2D eigenvalue weighted by Gasteiger charge is -2.36. The van der Waals surface area contributed by atoms with Crippen molar-refractivity contribution in [1.82, 2.24) is 4.31 Å². The molecule has 1 saturated heterocycles. The number of benzene rings is 2. The average Bonchev–Trinajstić information content (AvgIpc) is 2.73. The SMILES string of the molecule is COc1ccc(S(=O)(=O)N2CCC(O)(OC(=O)Nc3ccc(C(C)(C)C)cc3)CC2)cc1. The summed E-state index contributed by atoms with van der Waals surface area (Å²) in [6.45, 7) is 6.35. The van der Waals surface area contributed by atoms with E-state index in [1.165, 1.54) is 23.5 Å². The molecule has 1 fully saturated rings. The summed E-state index contributed by atoms with van der Waals surface area (Å²) in [4.78, 5) is 12.4. The molecule has 1 heterocycles. The van der Waals surface area contributed by atoms with Crippen LogP contribution in [0.1, 0.15) is 39.2 Å². The number of carbonyl (C=O) groups excluding carboxylic acids is 1. The van der Waals surface area contributed by atoms with Crippen molar-refractivity contribution in [3.63, 3.8) is 0 Å². The predicted molar refractivity (Wildman–Crippen MR) is 121 cm³/mol. The first kappa shape index (κ1) is 24.0. The third-order valence-corrected chi connectivity index (χ3v) is 7.39. The van der Waals surface area contributed by atoms with Gasteiger partial charge < -0.3 is 14.6 Å². The lowest BCUT2D eigenvalue weighted by atomic mass is 9.87. The lowest BCUT2D eigenvalue weighted by molar-refractivity contribution is -0.180. The van der Waals surface area contributed by atoms with Crippen LogP contribution in [0.2, 0.25) is 0 Å². The van der Waals surface area contributed by atoms with E-state index in [2.05, 4.69) is 26.1 Å². The fourth-order valence-corrected chi connectivity index (χ4v) is 4.89. The molecule has 0 spiro atoms. The summed E-state index contributed by atoms with van der Waals surface area (Å²) in [7, 11) is -2.21. The molecule has 0 saturated carbocycles. The highest BCUT2D eigenvalue weighted by Crippen LogP contribution is 2.29. The molecule has 1 amide bonds. The maximum Gasteiger partial charge on any atom is 0.414 e. The molecule has 174 valence electrons. The summed E-state index contributed by atoms with van der Waals surface area (Å²) in [5, 5.41) is 13.3. The fraction of sp³-hybridized carbons (Fsp3) is 0.435. The number of carbonyl (C=O) groups is 1. The summed E-state index contributed by atoms with van der Waals surface area (Å²) >= 11 is 0. The van der Waals surface area contributed by atoms with Crippen LogP contribution in [0.4, 0.5) is 10.5 Å². The maximum atomic E-state index is 12.8. The van der Waals surface area contributed by atoms with E-state index < -0.39 is 21.9 Å². The van der Waals surface area contributed by atoms with Crippen LogP contribution in [-0.2, 0) is 20.2 Å². The fourth-order valence-electron chi connectivity index (χ4n) is 3.44. The van der Waals surface area contributed by atoms with Gasteiger partial charge in [-0.05, 0) is 47.4 Å². The highest BCUT2D eigenvalue weighted by Gasteiger charge is 2.40. The summed E-state index contributed by atoms with van der Waals surface area (Å²) in [6.07, 6.45) is -0.847. The van der Waals surface area contributed by atoms with Gasteiger partial charge in [-0.15, -0.1) is 0 Å². The van der Waals surface area contributed by atoms with Crippen molar-refractivity contribution in [2.45, 2.75) is 49.7 Å². The Morgan fingerprint density at radius 2 is 1.59 bits per heavy atom. The summed E-state index contributed by atoms with van der Waals surface area (Å²) in [5.41, 5.74) is 1.67. The third kappa shape index (κ3) is 5.59. The van der Waals surface area contributed by atoms with Gasteiger partial charge in [-0.25, -0.2) is 13.2 Å². The van der Waals surface area contributed by atoms with E-state index in [-0.39, 0.29) is 36.2 Å². The Morgan fingerprint density at radius 1 is 1.03 bits per heavy atom. The highest BCUT2D eigenvalue weighted by molar-refractivity contribution is 7.89. The molecule has 0 aliphatic carbocycles. The Hall–Kier alpha value is -2.62. The minimum atomic E-state index is -3.72. The van der Waals surface area contributed by atoms with Crippen LogP contribution in [0.5, 0.6) is 5.75 Å². The lowest BCUT2D eigenvalue weighted by Crippen LogP contribution is -2.49. The van der Waals surface area contributed by atoms with E-state index in [4.69, 9.17) is 9.47 Å². The van der Waals surface area contributed by atoms with Gasteiger partial charge in [-0.1, -0.05) is 32.9 Å². The van der Waals surface area contributed by atoms with Gasteiger partial charge in [0.2, 0.25) is 15.8 Å². The molecule has 9 heteroatoms. The number of hydrogen-bond acceptors (Lipinski definition) is 6. The second-order valence-corrected chi connectivity index (χ2v) is 10.8. The molecule has 8 nitrogen and oxygen atoms in total. The highest BCUT2D eigenvalue weighted by atomic mass is 32.2. The van der Waals surface area contributed by atoms with E-state index in [0.29, 0.717) is 11.4 Å². The number of piperidine rings is 1. The van der Waals surface area contributed by atoms with Gasteiger partial charge in [0.25, 0.3) is 0 Å². The normalized spacial score (nSPS) is 16.9. The standard InChI is InChI=1S/C23H30N2O6S/c1-22(2,3)17-5-7-18(8-6-17)24-21(26)31-23(27)13-15-25(16-14-23)32(28,29)20-11-9-19(30-4)10-12-20/h5-12,27H,13-16H2,1-4H3,(H,24,26). The zero-order valence-electron chi connectivity index (χ0n) is 18.8. The van der Waals surface area contributed by atoms with Gasteiger partial charge in [0, 0.05) is 31.6 Å². The number of ether oxygens (including phenoxy) is 2. The van der Waals surface area contributed by atoms with Crippen LogP contribution >= 0.6 is 0 Å². The third-order valence-electron chi connectivity index (χ3n) is 5.48. The molecule has 0 aromatic heterocycles. The van der Waals surface area contributed by atoms with Crippen molar-refractivity contribution in [3.05, 3.63) is 54.1 Å². The van der Waals surface area contributed by atoms with Gasteiger partial charge in [-0.2, -0.15) is 4.31 Å². The van der Waals surface area contributed by atoms with Crippen LogP contribution in [-0.4, -0.2) is 49.9 Å². The van der Waals surface area contributed by atoms with Crippen molar-refractivity contribution in [3.8, 4) is 5.75 Å². The number of nitrogens with one attached hydrogen (secondary N) is 1. The monoisotopic (exact) mass is 462 g/mol. The molecule has 2 N–H and O–H groups in total. The van der Waals surface area contributed by atoms with E-state index in [1.54, 1.807) is 24.3 Å². The quantitative estimate of drug-likeness (QED) is 0.656. The van der Waals surface area contributed by atoms with E-state index >= 15 is 0 Å². The second-order valence-electron chi connectivity index (χ2n) is 8.87. The molecule has 1 aliphatic heterocycles. The molecule has 2 aromatic carbocycles. The number of amides is 1. The number of sulfonamides is 1. The van der Waals surface area contributed by atoms with E-state index in [1.807, 2.05) is 12.1 Å². The Kier molecular flexibility index (Phi) is 6.83. The van der Waals surface area contributed by atoms with E-state index in [0.717, 1.165) is 5.56 Å². The van der Waals surface area contributed by atoms with E-state index in [9.17, 15) is 18.3 Å². The van der Waals surface area contributed by atoms with Crippen molar-refractivity contribution in [2.24, 2.45) is 0 Å². The number of nitrogens with zero attached hydrogens (tertiary/aromatic N) is 1. The Labute approximate surface area is 189 Å². The minimum absolute atomic E-state index is 0.00563. The van der Waals surface area contributed by atoms with Crippen LogP contribution in [0, 0.1) is 0 Å². The van der Waals surface area contributed by atoms with Crippen LogP contribution in [0.3, 0.4) is 0 Å². The Balaban J connectivity index is 1.57. The van der Waals surface area contributed by atoms with Crippen LogP contribution in [0.15, 0.2) is 53.4 Å². The van der Waals surface area contributed by atoms with Crippen molar-refractivity contribution >= 4 is 21.8 Å². The van der Waals surface area contributed by atoms with Crippen LogP contribution in [0.25, 0.3) is 0 Å². The molecule has 0 unspecified atom stereocenters. The van der Waals surface area contributed by atoms with Gasteiger partial charge in [0.15, 0.2) is 0 Å². The zero-order chi connectivity index (χ0) is 23.6. The largest absolute Gasteiger partial charge is 0.497 e. The number of anilines is 1. The first-order valence-electron chi connectivity index (χ1n) is 10.4. The second kappa shape index (κ2) is 9.09. The van der Waals surface area contributed by atoms with Gasteiger partial charge >= 0.3 is 6.09 Å². The molecule has 0 radical (unpaired) electrons. The Morgan fingerprint density at radius 3 is 2.09 bits per heavy atom. The van der Waals surface area contributed by atoms with Crippen molar-refractivity contribution in [1.29, 1.82) is 0 Å². The number of aliphatic hydroxyl groups is 1.